The van der Waals surface area contributed by atoms with Crippen LogP contribution in [0.1, 0.15) is 24.8 Å². The number of amides is 1. The van der Waals surface area contributed by atoms with Crippen LogP contribution in [0.15, 0.2) is 24.3 Å². The Kier molecular flexibility index (Phi) is 5.86. The van der Waals surface area contributed by atoms with Gasteiger partial charge in [-0.05, 0) is 37.3 Å². The maximum Gasteiger partial charge on any atom is 0.306 e. The van der Waals surface area contributed by atoms with Crippen LogP contribution in [-0.2, 0) is 14.3 Å². The number of esters is 1. The second-order valence-corrected chi connectivity index (χ2v) is 6.02. The van der Waals surface area contributed by atoms with Crippen molar-refractivity contribution < 1.29 is 14.3 Å². The molecule has 0 saturated heterocycles. The third-order valence-corrected chi connectivity index (χ3v) is 4.26. The predicted octanol–water partition coefficient (Wildman–Crippen LogP) is 4.14. The van der Waals surface area contributed by atoms with E-state index in [1.165, 1.54) is 0 Å². The molecule has 0 spiro atoms. The van der Waals surface area contributed by atoms with E-state index in [9.17, 15) is 9.59 Å². The Morgan fingerprint density at radius 3 is 2.82 bits per heavy atom. The Morgan fingerprint density at radius 2 is 2.14 bits per heavy atom. The van der Waals surface area contributed by atoms with Gasteiger partial charge in [0.05, 0.1) is 22.2 Å². The molecule has 4 nitrogen and oxygen atoms in total. The van der Waals surface area contributed by atoms with E-state index in [0.29, 0.717) is 22.2 Å². The number of nitrogens with one attached hydrogen (secondary N) is 1. The first kappa shape index (κ1) is 16.8. The zero-order valence-corrected chi connectivity index (χ0v) is 13.7. The highest BCUT2D eigenvalue weighted by Crippen LogP contribution is 2.32. The van der Waals surface area contributed by atoms with Crippen molar-refractivity contribution in [2.24, 2.45) is 5.92 Å². The van der Waals surface area contributed by atoms with Gasteiger partial charge >= 0.3 is 5.97 Å². The van der Waals surface area contributed by atoms with Gasteiger partial charge in [-0.2, -0.15) is 0 Å². The first-order valence-corrected chi connectivity index (χ1v) is 7.79. The molecule has 6 heteroatoms. The Morgan fingerprint density at radius 1 is 1.36 bits per heavy atom. The summed E-state index contributed by atoms with van der Waals surface area (Å²) in [6, 6.07) is 3.41. The first-order valence-electron chi connectivity index (χ1n) is 7.04. The number of aryl methyl sites for hydroxylation is 1. The molecule has 1 amide bonds. The Bertz CT molecular complexity index is 614. The summed E-state index contributed by atoms with van der Waals surface area (Å²) in [6.07, 6.45) is 6.30. The highest BCUT2D eigenvalue weighted by atomic mass is 35.5. The molecule has 1 atom stereocenters. The average molecular weight is 342 g/mol. The number of hydrogen-bond acceptors (Lipinski definition) is 3. The third kappa shape index (κ3) is 4.49. The maximum atomic E-state index is 11.9. The molecule has 0 radical (unpaired) electrons. The Hall–Kier alpha value is -1.52. The summed E-state index contributed by atoms with van der Waals surface area (Å²) in [5, 5.41) is 3.29. The molecule has 0 unspecified atom stereocenters. The molecule has 0 bridgehead atoms. The van der Waals surface area contributed by atoms with E-state index in [0.717, 1.165) is 18.4 Å². The second kappa shape index (κ2) is 7.65. The number of halogens is 2. The van der Waals surface area contributed by atoms with Crippen LogP contribution in [0.25, 0.3) is 0 Å². The average Bonchev–Trinajstić information content (AvgIpc) is 2.98. The minimum atomic E-state index is -0.468. The van der Waals surface area contributed by atoms with E-state index in [1.807, 2.05) is 19.1 Å². The van der Waals surface area contributed by atoms with Crippen LogP contribution < -0.4 is 5.32 Å². The summed E-state index contributed by atoms with van der Waals surface area (Å²) in [5.41, 5.74) is 1.13. The van der Waals surface area contributed by atoms with Crippen molar-refractivity contribution in [3.05, 3.63) is 39.9 Å². The lowest BCUT2D eigenvalue weighted by atomic mass is 10.1. The number of hydrogen-bond donors (Lipinski definition) is 1. The lowest BCUT2D eigenvalue weighted by Crippen LogP contribution is -2.22. The van der Waals surface area contributed by atoms with Gasteiger partial charge in [0.1, 0.15) is 0 Å². The van der Waals surface area contributed by atoms with Crippen LogP contribution in [0.2, 0.25) is 10.0 Å². The van der Waals surface area contributed by atoms with E-state index in [-0.39, 0.29) is 18.5 Å². The van der Waals surface area contributed by atoms with Gasteiger partial charge in [0.25, 0.3) is 5.91 Å². The summed E-state index contributed by atoms with van der Waals surface area (Å²) in [7, 11) is 0. The fourth-order valence-electron chi connectivity index (χ4n) is 2.23. The van der Waals surface area contributed by atoms with Gasteiger partial charge in [0.15, 0.2) is 6.61 Å². The lowest BCUT2D eigenvalue weighted by molar-refractivity contribution is -0.147. The highest BCUT2D eigenvalue weighted by molar-refractivity contribution is 6.40. The van der Waals surface area contributed by atoms with Crippen molar-refractivity contribution in [1.82, 2.24) is 0 Å². The molecule has 1 aliphatic rings. The van der Waals surface area contributed by atoms with Crippen molar-refractivity contribution in [2.75, 3.05) is 11.9 Å². The van der Waals surface area contributed by atoms with Gasteiger partial charge in [-0.25, -0.2) is 0 Å². The monoisotopic (exact) mass is 341 g/mol. The minimum absolute atomic E-state index is 0.219. The smallest absolute Gasteiger partial charge is 0.306 e. The van der Waals surface area contributed by atoms with Gasteiger partial charge in [-0.3, -0.25) is 9.59 Å². The van der Waals surface area contributed by atoms with Crippen LogP contribution >= 0.6 is 23.2 Å². The molecule has 1 aromatic rings. The largest absolute Gasteiger partial charge is 0.456 e. The van der Waals surface area contributed by atoms with Crippen molar-refractivity contribution in [1.29, 1.82) is 0 Å². The van der Waals surface area contributed by atoms with Crippen molar-refractivity contribution >= 4 is 40.8 Å². The zero-order chi connectivity index (χ0) is 16.1. The SMILES string of the molecule is Cc1ccc(Cl)c(NC(=O)COC(=O)C[C@@H]2C=CCC2)c1Cl. The molecule has 118 valence electrons. The summed E-state index contributed by atoms with van der Waals surface area (Å²) in [6.45, 7) is 1.46. The molecule has 2 rings (SSSR count). The van der Waals surface area contributed by atoms with Gasteiger partial charge in [-0.1, -0.05) is 41.4 Å². The summed E-state index contributed by atoms with van der Waals surface area (Å²) in [5.74, 6) is -0.630. The van der Waals surface area contributed by atoms with E-state index in [2.05, 4.69) is 5.32 Å². The third-order valence-electron chi connectivity index (χ3n) is 3.45. The number of carbonyl (C=O) groups excluding carboxylic acids is 2. The van der Waals surface area contributed by atoms with E-state index < -0.39 is 5.91 Å². The van der Waals surface area contributed by atoms with E-state index in [4.69, 9.17) is 27.9 Å². The molecule has 0 saturated carbocycles. The van der Waals surface area contributed by atoms with Gasteiger partial charge in [0.2, 0.25) is 0 Å². The fraction of sp³-hybridized carbons (Fsp3) is 0.375. The molecule has 0 aromatic heterocycles. The van der Waals surface area contributed by atoms with E-state index >= 15 is 0 Å². The summed E-state index contributed by atoms with van der Waals surface area (Å²) < 4.78 is 4.98. The van der Waals surface area contributed by atoms with Gasteiger partial charge in [0, 0.05) is 0 Å². The fourth-order valence-corrected chi connectivity index (χ4v) is 2.70. The summed E-state index contributed by atoms with van der Waals surface area (Å²) in [4.78, 5) is 23.5. The molecule has 1 N–H and O–H groups in total. The molecule has 0 aliphatic heterocycles. The van der Waals surface area contributed by atoms with Crippen molar-refractivity contribution in [3.8, 4) is 0 Å². The molecule has 1 aromatic carbocycles. The number of allylic oxidation sites excluding steroid dienone is 2. The molecule has 0 fully saturated rings. The molecule has 22 heavy (non-hydrogen) atoms. The van der Waals surface area contributed by atoms with Crippen molar-refractivity contribution in [2.45, 2.75) is 26.2 Å². The maximum absolute atomic E-state index is 11.9. The zero-order valence-electron chi connectivity index (χ0n) is 12.2. The second-order valence-electron chi connectivity index (χ2n) is 5.23. The van der Waals surface area contributed by atoms with Crippen LogP contribution in [0.5, 0.6) is 0 Å². The van der Waals surface area contributed by atoms with Crippen molar-refractivity contribution in [3.63, 3.8) is 0 Å². The number of benzene rings is 1. The van der Waals surface area contributed by atoms with E-state index in [1.54, 1.807) is 12.1 Å². The number of carbonyl (C=O) groups is 2. The minimum Gasteiger partial charge on any atom is -0.456 e. The summed E-state index contributed by atoms with van der Waals surface area (Å²) >= 11 is 12.1. The molecular weight excluding hydrogens is 325 g/mol. The highest BCUT2D eigenvalue weighted by Gasteiger charge is 2.17. The van der Waals surface area contributed by atoms with Crippen LogP contribution in [0.4, 0.5) is 5.69 Å². The topological polar surface area (TPSA) is 55.4 Å². The van der Waals surface area contributed by atoms with Gasteiger partial charge < -0.3 is 10.1 Å². The van der Waals surface area contributed by atoms with Crippen LogP contribution in [0, 0.1) is 12.8 Å². The lowest BCUT2D eigenvalue weighted by Gasteiger charge is -2.12. The Balaban J connectivity index is 1.84. The molecule has 0 heterocycles. The number of anilines is 1. The van der Waals surface area contributed by atoms with Gasteiger partial charge in [-0.15, -0.1) is 0 Å². The number of ether oxygens (including phenoxy) is 1. The van der Waals surface area contributed by atoms with Crippen LogP contribution in [0.3, 0.4) is 0 Å². The Labute approximate surface area is 139 Å². The standard InChI is InChI=1S/C16H17Cl2NO3/c1-10-6-7-12(17)16(15(10)18)19-13(20)9-22-14(21)8-11-4-2-3-5-11/h2,4,6-7,11H,3,5,8-9H2,1H3,(H,19,20)/t11-/m1/s1. The number of rotatable bonds is 5. The first-order chi connectivity index (χ1) is 10.5. The van der Waals surface area contributed by atoms with Crippen LogP contribution in [-0.4, -0.2) is 18.5 Å². The quantitative estimate of drug-likeness (QED) is 0.646. The predicted molar refractivity (Wildman–Crippen MR) is 87.3 cm³/mol. The molecule has 1 aliphatic carbocycles. The normalized spacial score (nSPS) is 16.6. The molecular formula is C16H17Cl2NO3.